The van der Waals surface area contributed by atoms with Crippen LogP contribution in [0.25, 0.3) is 0 Å². The molecule has 1 heterocycles. The highest BCUT2D eigenvalue weighted by Crippen LogP contribution is 2.39. The van der Waals surface area contributed by atoms with Crippen molar-refractivity contribution in [3.05, 3.63) is 21.9 Å². The van der Waals surface area contributed by atoms with Crippen molar-refractivity contribution in [1.29, 1.82) is 0 Å². The Morgan fingerprint density at radius 1 is 1.44 bits per heavy atom. The number of rotatable bonds is 4. The molecule has 0 saturated carbocycles. The van der Waals surface area contributed by atoms with Crippen molar-refractivity contribution in [3.8, 4) is 0 Å². The largest absolute Gasteiger partial charge is 0.403 e. The second-order valence-electron chi connectivity index (χ2n) is 3.64. The fourth-order valence-corrected chi connectivity index (χ4v) is 2.53. The van der Waals surface area contributed by atoms with Crippen LogP contribution in [-0.2, 0) is 4.79 Å². The zero-order valence-corrected chi connectivity index (χ0v) is 9.91. The lowest BCUT2D eigenvalue weighted by molar-refractivity contribution is -0.163. The second-order valence-corrected chi connectivity index (χ2v) is 4.96. The lowest BCUT2D eigenvalue weighted by atomic mass is 9.98. The molecule has 0 radical (unpaired) electrons. The van der Waals surface area contributed by atoms with E-state index in [1.807, 2.05) is 0 Å². The minimum atomic E-state index is -4.48. The van der Waals surface area contributed by atoms with Gasteiger partial charge in [-0.15, -0.1) is 11.3 Å². The Hall–Kier alpha value is -0.840. The summed E-state index contributed by atoms with van der Waals surface area (Å²) in [6.07, 6.45) is -4.07. The van der Waals surface area contributed by atoms with Crippen LogP contribution in [0.5, 0.6) is 0 Å². The monoisotopic (exact) mass is 250 g/mol. The Kier molecular flexibility index (Phi) is 4.13. The lowest BCUT2D eigenvalue weighted by Crippen LogP contribution is -2.27. The highest BCUT2D eigenvalue weighted by molar-refractivity contribution is 7.12. The van der Waals surface area contributed by atoms with E-state index in [9.17, 15) is 18.0 Å². The first kappa shape index (κ1) is 13.2. The van der Waals surface area contributed by atoms with E-state index < -0.39 is 17.9 Å². The van der Waals surface area contributed by atoms with Crippen LogP contribution in [0.1, 0.15) is 35.4 Å². The molecule has 90 valence electrons. The molecule has 0 spiro atoms. The number of thiophene rings is 1. The van der Waals surface area contributed by atoms with Crippen molar-refractivity contribution in [2.75, 3.05) is 0 Å². The smallest absolute Gasteiger partial charge is 0.299 e. The van der Waals surface area contributed by atoms with Gasteiger partial charge < -0.3 is 0 Å². The van der Waals surface area contributed by atoms with Gasteiger partial charge in [0.15, 0.2) is 0 Å². The average Bonchev–Trinajstić information content (AvgIpc) is 2.49. The molecule has 0 saturated heterocycles. The fourth-order valence-electron chi connectivity index (χ4n) is 1.50. The molecule has 0 aliphatic rings. The van der Waals surface area contributed by atoms with Gasteiger partial charge in [0.25, 0.3) is 0 Å². The maximum Gasteiger partial charge on any atom is 0.403 e. The molecule has 0 N–H and O–H groups in total. The first-order valence-electron chi connectivity index (χ1n) is 5.02. The molecule has 1 rings (SSSR count). The topological polar surface area (TPSA) is 17.1 Å². The molecule has 1 unspecified atom stereocenters. The summed E-state index contributed by atoms with van der Waals surface area (Å²) in [6.45, 7) is 3.43. The van der Waals surface area contributed by atoms with Crippen LogP contribution >= 0.6 is 11.3 Å². The summed E-state index contributed by atoms with van der Waals surface area (Å²) in [7, 11) is 0. The van der Waals surface area contributed by atoms with E-state index in [2.05, 4.69) is 0 Å². The number of hydrogen-bond donors (Lipinski definition) is 0. The molecule has 16 heavy (non-hydrogen) atoms. The molecule has 1 aromatic rings. The molecule has 0 aliphatic carbocycles. The maximum atomic E-state index is 12.8. The molecule has 5 heteroatoms. The summed E-state index contributed by atoms with van der Waals surface area (Å²) < 4.78 is 38.3. The minimum Gasteiger partial charge on any atom is -0.299 e. The van der Waals surface area contributed by atoms with Gasteiger partial charge in [0.05, 0.1) is 0 Å². The third kappa shape index (κ3) is 3.07. The van der Waals surface area contributed by atoms with Crippen LogP contribution in [0.4, 0.5) is 13.2 Å². The van der Waals surface area contributed by atoms with Crippen LogP contribution in [0, 0.1) is 6.92 Å². The normalized spacial score (nSPS) is 13.8. The number of carbonyl (C=O) groups excluding carboxylic acids is 1. The van der Waals surface area contributed by atoms with E-state index in [1.54, 1.807) is 19.9 Å². The standard InChI is InChI=1S/C11H13F3OS/c1-3-4-8(15)10(11(12,13)14)9-6-5-7(2)16-9/h5-6,10H,3-4H2,1-2H3. The van der Waals surface area contributed by atoms with E-state index in [0.29, 0.717) is 6.42 Å². The molecule has 0 aliphatic heterocycles. The third-order valence-corrected chi connectivity index (χ3v) is 3.26. The van der Waals surface area contributed by atoms with Gasteiger partial charge in [-0.05, 0) is 25.5 Å². The first-order valence-corrected chi connectivity index (χ1v) is 5.83. The SMILES string of the molecule is CCCC(=O)C(c1ccc(C)s1)C(F)(F)F. The summed E-state index contributed by atoms with van der Waals surface area (Å²) >= 11 is 1.04. The van der Waals surface area contributed by atoms with Crippen molar-refractivity contribution in [2.24, 2.45) is 0 Å². The number of ketones is 1. The van der Waals surface area contributed by atoms with Crippen LogP contribution in [-0.4, -0.2) is 12.0 Å². The Labute approximate surface area is 96.3 Å². The van der Waals surface area contributed by atoms with Gasteiger partial charge in [0, 0.05) is 16.2 Å². The average molecular weight is 250 g/mol. The van der Waals surface area contributed by atoms with Crippen molar-refractivity contribution in [3.63, 3.8) is 0 Å². The quantitative estimate of drug-likeness (QED) is 0.787. The fraction of sp³-hybridized carbons (Fsp3) is 0.545. The highest BCUT2D eigenvalue weighted by Gasteiger charge is 2.45. The van der Waals surface area contributed by atoms with Gasteiger partial charge in [-0.2, -0.15) is 13.2 Å². The zero-order chi connectivity index (χ0) is 12.3. The Balaban J connectivity index is 3.01. The molecular weight excluding hydrogens is 237 g/mol. The van der Waals surface area contributed by atoms with Crippen molar-refractivity contribution in [2.45, 2.75) is 38.8 Å². The number of carbonyl (C=O) groups is 1. The van der Waals surface area contributed by atoms with Gasteiger partial charge in [-0.3, -0.25) is 4.79 Å². The molecule has 0 fully saturated rings. The van der Waals surface area contributed by atoms with Gasteiger partial charge in [-0.1, -0.05) is 6.92 Å². The van der Waals surface area contributed by atoms with Crippen molar-refractivity contribution in [1.82, 2.24) is 0 Å². The highest BCUT2D eigenvalue weighted by atomic mass is 32.1. The van der Waals surface area contributed by atoms with Crippen LogP contribution in [0.2, 0.25) is 0 Å². The van der Waals surface area contributed by atoms with Crippen LogP contribution in [0.3, 0.4) is 0 Å². The second kappa shape index (κ2) is 4.99. The molecule has 1 nitrogen and oxygen atoms in total. The Morgan fingerprint density at radius 3 is 2.44 bits per heavy atom. The van der Waals surface area contributed by atoms with E-state index in [4.69, 9.17) is 0 Å². The van der Waals surface area contributed by atoms with Crippen molar-refractivity contribution < 1.29 is 18.0 Å². The summed E-state index contributed by atoms with van der Waals surface area (Å²) in [4.78, 5) is 12.4. The molecule has 1 aromatic heterocycles. The summed E-state index contributed by atoms with van der Waals surface area (Å²) in [6, 6.07) is 3.00. The number of alkyl halides is 3. The van der Waals surface area contributed by atoms with E-state index in [0.717, 1.165) is 16.2 Å². The molecule has 0 bridgehead atoms. The third-order valence-electron chi connectivity index (χ3n) is 2.19. The van der Waals surface area contributed by atoms with Gasteiger partial charge >= 0.3 is 6.18 Å². The minimum absolute atomic E-state index is 0.0267. The number of halogens is 3. The Bertz CT molecular complexity index is 368. The summed E-state index contributed by atoms with van der Waals surface area (Å²) in [5.74, 6) is -2.68. The molecule has 0 amide bonds. The molecule has 1 atom stereocenters. The van der Waals surface area contributed by atoms with E-state index in [-0.39, 0.29) is 11.3 Å². The van der Waals surface area contributed by atoms with Crippen molar-refractivity contribution >= 4 is 17.1 Å². The summed E-state index contributed by atoms with van der Waals surface area (Å²) in [5, 5.41) is 0. The van der Waals surface area contributed by atoms with Crippen LogP contribution < -0.4 is 0 Å². The van der Waals surface area contributed by atoms with Crippen LogP contribution in [0.15, 0.2) is 12.1 Å². The predicted molar refractivity (Wildman–Crippen MR) is 57.8 cm³/mol. The Morgan fingerprint density at radius 2 is 2.06 bits per heavy atom. The molecular formula is C11H13F3OS. The summed E-state index contributed by atoms with van der Waals surface area (Å²) in [5.41, 5.74) is 0. The first-order chi connectivity index (χ1) is 7.36. The number of Topliss-reactive ketones (excluding diaryl/α,β-unsaturated/α-hetero) is 1. The van der Waals surface area contributed by atoms with E-state index in [1.165, 1.54) is 6.07 Å². The van der Waals surface area contributed by atoms with Gasteiger partial charge in [0.1, 0.15) is 11.7 Å². The van der Waals surface area contributed by atoms with Gasteiger partial charge in [0.2, 0.25) is 0 Å². The number of hydrogen-bond acceptors (Lipinski definition) is 2. The van der Waals surface area contributed by atoms with Gasteiger partial charge in [-0.25, -0.2) is 0 Å². The lowest BCUT2D eigenvalue weighted by Gasteiger charge is -2.17. The molecule has 0 aromatic carbocycles. The zero-order valence-electron chi connectivity index (χ0n) is 9.10. The number of aryl methyl sites for hydroxylation is 1. The maximum absolute atomic E-state index is 12.8. The predicted octanol–water partition coefficient (Wildman–Crippen LogP) is 4.07. The van der Waals surface area contributed by atoms with E-state index >= 15 is 0 Å².